The minimum Gasteiger partial charge on any atom is -0.396 e. The average molecular weight is 250 g/mol. The molecular formula is C15H26N2O. The smallest absolute Gasteiger partial charge is 0.0444 e. The maximum Gasteiger partial charge on any atom is 0.0444 e. The molecule has 3 heteroatoms. The van der Waals surface area contributed by atoms with Crippen LogP contribution in [0.4, 0.5) is 0 Å². The third kappa shape index (κ3) is 4.77. The SMILES string of the molecule is CC(C)c1ccc(C(CN)NCCCCO)cc1. The molecule has 1 rings (SSSR count). The van der Waals surface area contributed by atoms with Crippen LogP contribution in [0.1, 0.15) is 49.8 Å². The molecule has 18 heavy (non-hydrogen) atoms. The van der Waals surface area contributed by atoms with Gasteiger partial charge in [0.05, 0.1) is 0 Å². The quantitative estimate of drug-likeness (QED) is 0.620. The van der Waals surface area contributed by atoms with E-state index < -0.39 is 0 Å². The van der Waals surface area contributed by atoms with Gasteiger partial charge in [-0.15, -0.1) is 0 Å². The van der Waals surface area contributed by atoms with E-state index in [0.717, 1.165) is 19.4 Å². The van der Waals surface area contributed by atoms with Gasteiger partial charge in [0.2, 0.25) is 0 Å². The fraction of sp³-hybridized carbons (Fsp3) is 0.600. The monoisotopic (exact) mass is 250 g/mol. The Kier molecular flexibility index (Phi) is 6.94. The van der Waals surface area contributed by atoms with Gasteiger partial charge < -0.3 is 16.2 Å². The Morgan fingerprint density at radius 1 is 1.11 bits per heavy atom. The Hall–Kier alpha value is -0.900. The molecule has 102 valence electrons. The van der Waals surface area contributed by atoms with Gasteiger partial charge in [0.1, 0.15) is 0 Å². The summed E-state index contributed by atoms with van der Waals surface area (Å²) in [4.78, 5) is 0. The van der Waals surface area contributed by atoms with Gasteiger partial charge in [-0.1, -0.05) is 38.1 Å². The minimum absolute atomic E-state index is 0.213. The van der Waals surface area contributed by atoms with Crippen molar-refractivity contribution >= 4 is 0 Å². The van der Waals surface area contributed by atoms with Crippen LogP contribution in [0.5, 0.6) is 0 Å². The highest BCUT2D eigenvalue weighted by Gasteiger charge is 2.08. The van der Waals surface area contributed by atoms with Crippen LogP contribution in [0.15, 0.2) is 24.3 Å². The van der Waals surface area contributed by atoms with Gasteiger partial charge in [-0.2, -0.15) is 0 Å². The predicted molar refractivity (Wildman–Crippen MR) is 76.6 cm³/mol. The van der Waals surface area contributed by atoms with Gasteiger partial charge in [-0.05, 0) is 36.4 Å². The van der Waals surface area contributed by atoms with E-state index in [1.165, 1.54) is 11.1 Å². The highest BCUT2D eigenvalue weighted by molar-refractivity contribution is 5.27. The standard InChI is InChI=1S/C15H26N2O/c1-12(2)13-5-7-14(8-6-13)15(11-16)17-9-3-4-10-18/h5-8,12,15,17-18H,3-4,9-11,16H2,1-2H3. The third-order valence-electron chi connectivity index (χ3n) is 3.22. The number of benzene rings is 1. The second-order valence-electron chi connectivity index (χ2n) is 4.99. The number of hydrogen-bond acceptors (Lipinski definition) is 3. The number of nitrogens with two attached hydrogens (primary N) is 1. The van der Waals surface area contributed by atoms with Crippen LogP contribution in [-0.4, -0.2) is 24.8 Å². The Balaban J connectivity index is 2.53. The molecular weight excluding hydrogens is 224 g/mol. The lowest BCUT2D eigenvalue weighted by atomic mass is 9.99. The van der Waals surface area contributed by atoms with E-state index in [9.17, 15) is 0 Å². The molecule has 0 aliphatic heterocycles. The molecule has 0 bridgehead atoms. The molecule has 0 spiro atoms. The summed E-state index contributed by atoms with van der Waals surface area (Å²) >= 11 is 0. The van der Waals surface area contributed by atoms with E-state index >= 15 is 0 Å². The van der Waals surface area contributed by atoms with Crippen LogP contribution < -0.4 is 11.1 Å². The van der Waals surface area contributed by atoms with Crippen molar-refractivity contribution in [3.8, 4) is 0 Å². The summed E-state index contributed by atoms with van der Waals surface area (Å²) in [6.45, 7) is 6.15. The zero-order chi connectivity index (χ0) is 13.4. The predicted octanol–water partition coefficient (Wildman–Crippen LogP) is 2.17. The Morgan fingerprint density at radius 3 is 2.22 bits per heavy atom. The first-order chi connectivity index (χ1) is 8.69. The van der Waals surface area contributed by atoms with Crippen LogP contribution in [0, 0.1) is 0 Å². The lowest BCUT2D eigenvalue weighted by Crippen LogP contribution is -2.29. The van der Waals surface area contributed by atoms with Crippen molar-refractivity contribution in [1.82, 2.24) is 5.32 Å². The lowest BCUT2D eigenvalue weighted by molar-refractivity contribution is 0.282. The molecule has 1 unspecified atom stereocenters. The molecule has 4 N–H and O–H groups in total. The Morgan fingerprint density at radius 2 is 1.72 bits per heavy atom. The largest absolute Gasteiger partial charge is 0.396 e. The highest BCUT2D eigenvalue weighted by atomic mass is 16.2. The van der Waals surface area contributed by atoms with Crippen molar-refractivity contribution in [2.75, 3.05) is 19.7 Å². The number of unbranched alkanes of at least 4 members (excludes halogenated alkanes) is 1. The number of nitrogens with one attached hydrogen (secondary N) is 1. The summed E-state index contributed by atoms with van der Waals surface area (Å²) in [5, 5.41) is 12.2. The highest BCUT2D eigenvalue weighted by Crippen LogP contribution is 2.18. The topological polar surface area (TPSA) is 58.3 Å². The summed E-state index contributed by atoms with van der Waals surface area (Å²) in [5.41, 5.74) is 8.40. The minimum atomic E-state index is 0.213. The summed E-state index contributed by atoms with van der Waals surface area (Å²) in [6, 6.07) is 8.89. The number of aliphatic hydroxyl groups excluding tert-OH is 1. The molecule has 1 aromatic rings. The van der Waals surface area contributed by atoms with Crippen LogP contribution in [0.3, 0.4) is 0 Å². The molecule has 0 saturated heterocycles. The summed E-state index contributed by atoms with van der Waals surface area (Å²) < 4.78 is 0. The number of rotatable bonds is 8. The number of hydrogen-bond donors (Lipinski definition) is 3. The van der Waals surface area contributed by atoms with Crippen LogP contribution in [-0.2, 0) is 0 Å². The zero-order valence-electron chi connectivity index (χ0n) is 11.5. The van der Waals surface area contributed by atoms with E-state index in [0.29, 0.717) is 12.5 Å². The van der Waals surface area contributed by atoms with E-state index in [1.54, 1.807) is 0 Å². The van der Waals surface area contributed by atoms with Crippen molar-refractivity contribution in [2.45, 2.75) is 38.6 Å². The van der Waals surface area contributed by atoms with Gasteiger partial charge in [0.15, 0.2) is 0 Å². The molecule has 3 nitrogen and oxygen atoms in total. The van der Waals surface area contributed by atoms with Crippen molar-refractivity contribution in [3.63, 3.8) is 0 Å². The first-order valence-electron chi connectivity index (χ1n) is 6.83. The van der Waals surface area contributed by atoms with Gasteiger partial charge in [-0.3, -0.25) is 0 Å². The van der Waals surface area contributed by atoms with Crippen molar-refractivity contribution in [2.24, 2.45) is 5.73 Å². The van der Waals surface area contributed by atoms with E-state index in [-0.39, 0.29) is 12.6 Å². The van der Waals surface area contributed by atoms with E-state index in [1.807, 2.05) is 0 Å². The average Bonchev–Trinajstić information content (AvgIpc) is 2.39. The summed E-state index contributed by atoms with van der Waals surface area (Å²) in [6.07, 6.45) is 1.83. The van der Waals surface area contributed by atoms with Crippen molar-refractivity contribution in [1.29, 1.82) is 0 Å². The molecule has 0 aliphatic carbocycles. The fourth-order valence-corrected chi connectivity index (χ4v) is 1.96. The fourth-order valence-electron chi connectivity index (χ4n) is 1.96. The molecule has 0 aliphatic rings. The first kappa shape index (κ1) is 15.2. The maximum absolute atomic E-state index is 8.74. The van der Waals surface area contributed by atoms with Gasteiger partial charge >= 0.3 is 0 Å². The maximum atomic E-state index is 8.74. The summed E-state index contributed by atoms with van der Waals surface area (Å²) in [5.74, 6) is 0.563. The van der Waals surface area contributed by atoms with Crippen molar-refractivity contribution < 1.29 is 5.11 Å². The Labute approximate surface area is 110 Å². The normalized spacial score (nSPS) is 12.9. The lowest BCUT2D eigenvalue weighted by Gasteiger charge is -2.18. The first-order valence-corrected chi connectivity index (χ1v) is 6.83. The Bertz CT molecular complexity index is 322. The molecule has 0 amide bonds. The molecule has 0 heterocycles. The molecule has 0 saturated carbocycles. The zero-order valence-corrected chi connectivity index (χ0v) is 11.5. The van der Waals surface area contributed by atoms with E-state index in [2.05, 4.69) is 43.4 Å². The van der Waals surface area contributed by atoms with E-state index in [4.69, 9.17) is 10.8 Å². The van der Waals surface area contributed by atoms with Gasteiger partial charge in [0, 0.05) is 19.2 Å². The van der Waals surface area contributed by atoms with Gasteiger partial charge in [-0.25, -0.2) is 0 Å². The molecule has 1 aromatic carbocycles. The number of aliphatic hydroxyl groups is 1. The van der Waals surface area contributed by atoms with Crippen molar-refractivity contribution in [3.05, 3.63) is 35.4 Å². The van der Waals surface area contributed by atoms with Crippen LogP contribution >= 0.6 is 0 Å². The summed E-state index contributed by atoms with van der Waals surface area (Å²) in [7, 11) is 0. The van der Waals surface area contributed by atoms with Crippen LogP contribution in [0.25, 0.3) is 0 Å². The molecule has 0 aromatic heterocycles. The van der Waals surface area contributed by atoms with Gasteiger partial charge in [0.25, 0.3) is 0 Å². The molecule has 0 fully saturated rings. The van der Waals surface area contributed by atoms with Crippen LogP contribution in [0.2, 0.25) is 0 Å². The second kappa shape index (κ2) is 8.25. The molecule has 0 radical (unpaired) electrons. The molecule has 1 atom stereocenters. The third-order valence-corrected chi connectivity index (χ3v) is 3.22. The second-order valence-corrected chi connectivity index (χ2v) is 4.99.